The molecule has 0 aromatic heterocycles. The van der Waals surface area contributed by atoms with Gasteiger partial charge in [-0.3, -0.25) is 10.1 Å². The molecule has 0 saturated carbocycles. The van der Waals surface area contributed by atoms with Gasteiger partial charge in [0.15, 0.2) is 0 Å². The molecule has 4 rings (SSSR count). The van der Waals surface area contributed by atoms with Crippen molar-refractivity contribution in [1.82, 2.24) is 0 Å². The quantitative estimate of drug-likeness (QED) is 0.494. The molecule has 1 N–H and O–H groups in total. The molecular weight excluding hydrogens is 314 g/mol. The summed E-state index contributed by atoms with van der Waals surface area (Å²) in [5, 5.41) is 14.2. The lowest BCUT2D eigenvalue weighted by Crippen LogP contribution is -2.30. The molecule has 0 unspecified atom stereocenters. The van der Waals surface area contributed by atoms with Crippen LogP contribution in [0.25, 0.3) is 0 Å². The lowest BCUT2D eigenvalue weighted by atomic mass is 9.77. The second-order valence-electron chi connectivity index (χ2n) is 6.18. The molecule has 4 nitrogen and oxygen atoms in total. The average molecular weight is 328 g/mol. The molecule has 2 aromatic rings. The molecule has 3 atom stereocenters. The first-order chi connectivity index (χ1) is 11.5. The van der Waals surface area contributed by atoms with Gasteiger partial charge in [0.25, 0.3) is 5.69 Å². The Morgan fingerprint density at radius 3 is 2.83 bits per heavy atom. The van der Waals surface area contributed by atoms with E-state index in [1.807, 2.05) is 12.2 Å². The third-order valence-corrected chi connectivity index (χ3v) is 4.83. The Morgan fingerprint density at radius 1 is 1.21 bits per heavy atom. The van der Waals surface area contributed by atoms with Crippen molar-refractivity contribution in [2.45, 2.75) is 18.4 Å². The molecule has 0 radical (unpaired) electrons. The fourth-order valence-electron chi connectivity index (χ4n) is 3.78. The number of anilines is 1. The van der Waals surface area contributed by atoms with Crippen LogP contribution in [-0.2, 0) is 0 Å². The number of hydrogen-bond donors (Lipinski definition) is 1. The minimum absolute atomic E-state index is 0.00202. The van der Waals surface area contributed by atoms with E-state index in [0.717, 1.165) is 18.1 Å². The molecule has 0 bridgehead atoms. The number of fused-ring (bicyclic) bond motifs is 3. The lowest BCUT2D eigenvalue weighted by Gasteiger charge is -2.37. The number of hydrogen-bond acceptors (Lipinski definition) is 3. The van der Waals surface area contributed by atoms with E-state index in [0.29, 0.717) is 5.56 Å². The fourth-order valence-corrected chi connectivity index (χ4v) is 3.78. The standard InChI is InChI=1S/C18H14F2N2O2/c19-11-8-15-13-5-2-6-14(13)17(21-18(15)16(20)9-11)10-3-1-4-12(7-10)22(23)24/h1-5,7-9,13-14,17,21H,6H2/t13-,14+,17-/m0/s1. The van der Waals surface area contributed by atoms with Crippen molar-refractivity contribution in [1.29, 1.82) is 0 Å². The second-order valence-corrected chi connectivity index (χ2v) is 6.18. The minimum atomic E-state index is -0.640. The van der Waals surface area contributed by atoms with Gasteiger partial charge in [-0.15, -0.1) is 0 Å². The molecule has 2 aliphatic rings. The van der Waals surface area contributed by atoms with E-state index >= 15 is 0 Å². The third kappa shape index (κ3) is 2.26. The molecule has 0 saturated heterocycles. The number of rotatable bonds is 2. The first-order valence-electron chi connectivity index (χ1n) is 7.71. The highest BCUT2D eigenvalue weighted by Crippen LogP contribution is 2.50. The van der Waals surface area contributed by atoms with Crippen molar-refractivity contribution in [3.05, 3.63) is 81.4 Å². The Morgan fingerprint density at radius 2 is 2.04 bits per heavy atom. The van der Waals surface area contributed by atoms with Crippen LogP contribution in [0.5, 0.6) is 0 Å². The zero-order valence-electron chi connectivity index (χ0n) is 12.6. The zero-order chi connectivity index (χ0) is 16.8. The molecule has 1 aliphatic carbocycles. The van der Waals surface area contributed by atoms with E-state index in [2.05, 4.69) is 5.32 Å². The fraction of sp³-hybridized carbons (Fsp3) is 0.222. The Labute approximate surface area is 137 Å². The van der Waals surface area contributed by atoms with Crippen molar-refractivity contribution in [3.63, 3.8) is 0 Å². The predicted octanol–water partition coefficient (Wildman–Crippen LogP) is 4.70. The van der Waals surface area contributed by atoms with Crippen LogP contribution in [0.15, 0.2) is 48.6 Å². The van der Waals surface area contributed by atoms with Crippen molar-refractivity contribution in [2.75, 3.05) is 5.32 Å². The molecule has 24 heavy (non-hydrogen) atoms. The summed E-state index contributed by atoms with van der Waals surface area (Å²) in [6.07, 6.45) is 4.72. The molecule has 0 spiro atoms. The van der Waals surface area contributed by atoms with Gasteiger partial charge in [-0.2, -0.15) is 0 Å². The normalized spacial score (nSPS) is 24.2. The molecule has 2 aromatic carbocycles. The Bertz CT molecular complexity index is 866. The van der Waals surface area contributed by atoms with E-state index in [4.69, 9.17) is 0 Å². The SMILES string of the molecule is O=[N+]([O-])c1cccc([C@@H]2Nc3c(F)cc(F)cc3[C@H]3C=CC[C@H]32)c1. The first-order valence-corrected chi connectivity index (χ1v) is 7.71. The summed E-state index contributed by atoms with van der Waals surface area (Å²) in [5.74, 6) is -1.27. The number of nitro groups is 1. The number of non-ortho nitro benzene ring substituents is 1. The van der Waals surface area contributed by atoms with Gasteiger partial charge >= 0.3 is 0 Å². The largest absolute Gasteiger partial charge is 0.375 e. The number of benzene rings is 2. The van der Waals surface area contributed by atoms with Gasteiger partial charge in [0.1, 0.15) is 11.6 Å². The summed E-state index contributed by atoms with van der Waals surface area (Å²) >= 11 is 0. The van der Waals surface area contributed by atoms with E-state index in [1.165, 1.54) is 18.2 Å². The van der Waals surface area contributed by atoms with Gasteiger partial charge in [0.05, 0.1) is 16.7 Å². The van der Waals surface area contributed by atoms with Crippen LogP contribution in [0.4, 0.5) is 20.2 Å². The monoisotopic (exact) mass is 328 g/mol. The smallest absolute Gasteiger partial charge is 0.269 e. The number of allylic oxidation sites excluding steroid dienone is 2. The van der Waals surface area contributed by atoms with Gasteiger partial charge in [-0.1, -0.05) is 24.3 Å². The highest BCUT2D eigenvalue weighted by Gasteiger charge is 2.39. The van der Waals surface area contributed by atoms with Crippen molar-refractivity contribution in [2.24, 2.45) is 5.92 Å². The molecule has 0 fully saturated rings. The van der Waals surface area contributed by atoms with Crippen molar-refractivity contribution in [3.8, 4) is 0 Å². The molecule has 122 valence electrons. The number of nitrogens with one attached hydrogen (secondary N) is 1. The summed E-state index contributed by atoms with van der Waals surface area (Å²) in [6.45, 7) is 0. The Balaban J connectivity index is 1.81. The average Bonchev–Trinajstić information content (AvgIpc) is 3.04. The van der Waals surface area contributed by atoms with Gasteiger partial charge in [-0.05, 0) is 29.5 Å². The predicted molar refractivity (Wildman–Crippen MR) is 85.8 cm³/mol. The van der Waals surface area contributed by atoms with Gasteiger partial charge in [-0.25, -0.2) is 8.78 Å². The van der Waals surface area contributed by atoms with Crippen LogP contribution in [0.3, 0.4) is 0 Å². The summed E-state index contributed by atoms with van der Waals surface area (Å²) in [5.41, 5.74) is 1.62. The molecule has 0 amide bonds. The summed E-state index contributed by atoms with van der Waals surface area (Å²) in [7, 11) is 0. The van der Waals surface area contributed by atoms with Crippen LogP contribution in [0, 0.1) is 27.7 Å². The van der Waals surface area contributed by atoms with Gasteiger partial charge in [0.2, 0.25) is 0 Å². The maximum Gasteiger partial charge on any atom is 0.269 e. The topological polar surface area (TPSA) is 55.2 Å². The highest BCUT2D eigenvalue weighted by molar-refractivity contribution is 5.61. The van der Waals surface area contributed by atoms with E-state index in [9.17, 15) is 18.9 Å². The second kappa shape index (κ2) is 5.40. The highest BCUT2D eigenvalue weighted by atomic mass is 19.1. The van der Waals surface area contributed by atoms with Crippen LogP contribution >= 0.6 is 0 Å². The first kappa shape index (κ1) is 14.8. The summed E-state index contributed by atoms with van der Waals surface area (Å²) in [6, 6.07) is 8.32. The van der Waals surface area contributed by atoms with E-state index in [1.54, 1.807) is 12.1 Å². The molecule has 1 aliphatic heterocycles. The Kier molecular flexibility index (Phi) is 3.33. The maximum absolute atomic E-state index is 14.3. The summed E-state index contributed by atoms with van der Waals surface area (Å²) in [4.78, 5) is 10.6. The van der Waals surface area contributed by atoms with Crippen molar-refractivity contribution >= 4 is 11.4 Å². The zero-order valence-corrected chi connectivity index (χ0v) is 12.6. The molecular formula is C18H14F2N2O2. The van der Waals surface area contributed by atoms with E-state index in [-0.39, 0.29) is 29.3 Å². The number of nitrogens with zero attached hydrogens (tertiary/aromatic N) is 1. The van der Waals surface area contributed by atoms with Gasteiger partial charge in [0, 0.05) is 24.1 Å². The summed E-state index contributed by atoms with van der Waals surface area (Å²) < 4.78 is 27.9. The number of halogens is 2. The minimum Gasteiger partial charge on any atom is -0.375 e. The van der Waals surface area contributed by atoms with Crippen LogP contribution in [-0.4, -0.2) is 4.92 Å². The third-order valence-electron chi connectivity index (χ3n) is 4.83. The Hall–Kier alpha value is -2.76. The molecule has 6 heteroatoms. The maximum atomic E-state index is 14.3. The van der Waals surface area contributed by atoms with Crippen LogP contribution in [0.1, 0.15) is 29.5 Å². The van der Waals surface area contributed by atoms with Crippen LogP contribution < -0.4 is 5.32 Å². The lowest BCUT2D eigenvalue weighted by molar-refractivity contribution is -0.384. The van der Waals surface area contributed by atoms with E-state index < -0.39 is 16.6 Å². The molecule has 1 heterocycles. The number of nitro benzene ring substituents is 1. The van der Waals surface area contributed by atoms with Crippen LogP contribution in [0.2, 0.25) is 0 Å². The van der Waals surface area contributed by atoms with Crippen molar-refractivity contribution < 1.29 is 13.7 Å². The van der Waals surface area contributed by atoms with Gasteiger partial charge < -0.3 is 5.32 Å².